The zero-order chi connectivity index (χ0) is 20.9. The van der Waals surface area contributed by atoms with Crippen molar-refractivity contribution in [1.82, 2.24) is 4.31 Å². The van der Waals surface area contributed by atoms with Crippen LogP contribution in [0.3, 0.4) is 0 Å². The number of ether oxygens (including phenoxy) is 2. The summed E-state index contributed by atoms with van der Waals surface area (Å²) < 4.78 is 38.9. The number of sulfonamides is 1. The van der Waals surface area contributed by atoms with Crippen molar-refractivity contribution in [3.8, 4) is 11.5 Å². The van der Waals surface area contributed by atoms with E-state index in [-0.39, 0.29) is 11.4 Å². The van der Waals surface area contributed by atoms with Gasteiger partial charge in [0.25, 0.3) is 0 Å². The molecule has 0 fully saturated rings. The number of benzene rings is 3. The minimum absolute atomic E-state index is 0.207. The Kier molecular flexibility index (Phi) is 6.95. The van der Waals surface area contributed by atoms with E-state index in [4.69, 9.17) is 9.47 Å². The van der Waals surface area contributed by atoms with E-state index in [1.165, 1.54) is 4.31 Å². The highest BCUT2D eigenvalue weighted by atomic mass is 79.9. The molecule has 0 atom stereocenters. The Balaban J connectivity index is 1.75. The van der Waals surface area contributed by atoms with Gasteiger partial charge in [-0.15, -0.1) is 0 Å². The van der Waals surface area contributed by atoms with Gasteiger partial charge in [-0.25, -0.2) is 8.42 Å². The van der Waals surface area contributed by atoms with Gasteiger partial charge in [0, 0.05) is 18.1 Å². The molecule has 0 amide bonds. The zero-order valence-electron chi connectivity index (χ0n) is 16.2. The van der Waals surface area contributed by atoms with Gasteiger partial charge in [-0.1, -0.05) is 48.5 Å². The third kappa shape index (κ3) is 5.18. The van der Waals surface area contributed by atoms with Gasteiger partial charge in [0.05, 0.1) is 12.0 Å². The summed E-state index contributed by atoms with van der Waals surface area (Å²) in [6.07, 6.45) is 0. The molecular weight excluding hydrogens is 454 g/mol. The Bertz CT molecular complexity index is 1070. The molecule has 0 bridgehead atoms. The molecular formula is C22H22BrNO4S. The van der Waals surface area contributed by atoms with Gasteiger partial charge in [0.1, 0.15) is 6.61 Å². The molecule has 0 saturated carbocycles. The van der Waals surface area contributed by atoms with Gasteiger partial charge in [0.15, 0.2) is 11.5 Å². The van der Waals surface area contributed by atoms with Crippen molar-refractivity contribution in [3.05, 3.63) is 88.4 Å². The summed E-state index contributed by atoms with van der Waals surface area (Å²) >= 11 is 3.31. The summed E-state index contributed by atoms with van der Waals surface area (Å²) in [4.78, 5) is 0.234. The first-order valence-electron chi connectivity index (χ1n) is 8.96. The van der Waals surface area contributed by atoms with Crippen molar-refractivity contribution in [2.75, 3.05) is 14.2 Å². The maximum absolute atomic E-state index is 12.9. The number of halogens is 1. The van der Waals surface area contributed by atoms with Crippen molar-refractivity contribution in [2.45, 2.75) is 18.0 Å². The first-order chi connectivity index (χ1) is 13.9. The first-order valence-corrected chi connectivity index (χ1v) is 11.2. The summed E-state index contributed by atoms with van der Waals surface area (Å²) in [5.74, 6) is 1.17. The van der Waals surface area contributed by atoms with Crippen LogP contribution in [0.2, 0.25) is 0 Å². The Morgan fingerprint density at radius 3 is 2.28 bits per heavy atom. The molecule has 0 aliphatic heterocycles. The quantitative estimate of drug-likeness (QED) is 0.466. The van der Waals surface area contributed by atoms with Crippen LogP contribution in [0.5, 0.6) is 11.5 Å². The van der Waals surface area contributed by atoms with E-state index in [0.717, 1.165) is 11.1 Å². The van der Waals surface area contributed by atoms with Crippen molar-refractivity contribution in [1.29, 1.82) is 0 Å². The number of nitrogens with zero attached hydrogens (tertiary/aromatic N) is 1. The number of methoxy groups -OCH3 is 1. The minimum Gasteiger partial charge on any atom is -0.493 e. The van der Waals surface area contributed by atoms with Gasteiger partial charge < -0.3 is 9.47 Å². The smallest absolute Gasteiger partial charge is 0.244 e. The summed E-state index contributed by atoms with van der Waals surface area (Å²) in [6.45, 7) is 0.631. The minimum atomic E-state index is -3.63. The maximum Gasteiger partial charge on any atom is 0.244 e. The normalized spacial score (nSPS) is 11.4. The highest BCUT2D eigenvalue weighted by molar-refractivity contribution is 9.10. The summed E-state index contributed by atoms with van der Waals surface area (Å²) in [6, 6.07) is 22.1. The molecule has 29 heavy (non-hydrogen) atoms. The number of hydrogen-bond donors (Lipinski definition) is 0. The molecule has 3 rings (SSSR count). The molecule has 3 aromatic carbocycles. The summed E-state index contributed by atoms with van der Waals surface area (Å²) in [7, 11) is -0.507. The molecule has 0 spiro atoms. The molecule has 3 aromatic rings. The topological polar surface area (TPSA) is 55.8 Å². The predicted octanol–water partition coefficient (Wildman–Crippen LogP) is 4.86. The lowest BCUT2D eigenvalue weighted by Crippen LogP contribution is -2.26. The van der Waals surface area contributed by atoms with Crippen LogP contribution in [0.1, 0.15) is 11.1 Å². The zero-order valence-corrected chi connectivity index (χ0v) is 18.6. The Hall–Kier alpha value is -2.35. The Morgan fingerprint density at radius 1 is 0.897 bits per heavy atom. The standard InChI is InChI=1S/C22H22BrNO4S/c1-24(29(25,26)22-11-7-6-10-19(22)23)15-18-12-13-20(21(14-18)27-2)28-16-17-8-4-3-5-9-17/h3-14H,15-16H2,1-2H3. The highest BCUT2D eigenvalue weighted by Crippen LogP contribution is 2.30. The fourth-order valence-electron chi connectivity index (χ4n) is 2.83. The van der Waals surface area contributed by atoms with Crippen LogP contribution in [0.25, 0.3) is 0 Å². The van der Waals surface area contributed by atoms with Gasteiger partial charge in [-0.2, -0.15) is 4.31 Å². The lowest BCUT2D eigenvalue weighted by atomic mass is 10.2. The largest absolute Gasteiger partial charge is 0.493 e. The molecule has 7 heteroatoms. The van der Waals surface area contributed by atoms with Gasteiger partial charge >= 0.3 is 0 Å². The molecule has 0 unspecified atom stereocenters. The fourth-order valence-corrected chi connectivity index (χ4v) is 4.95. The van der Waals surface area contributed by atoms with E-state index >= 15 is 0 Å². The van der Waals surface area contributed by atoms with Crippen LogP contribution in [0, 0.1) is 0 Å². The van der Waals surface area contributed by atoms with Crippen LogP contribution in [0.15, 0.2) is 82.2 Å². The second-order valence-corrected chi connectivity index (χ2v) is 9.32. The molecule has 0 N–H and O–H groups in total. The van der Waals surface area contributed by atoms with Crippen molar-refractivity contribution < 1.29 is 17.9 Å². The maximum atomic E-state index is 12.9. The lowest BCUT2D eigenvalue weighted by molar-refractivity contribution is 0.284. The Labute approximate surface area is 180 Å². The van der Waals surface area contributed by atoms with Crippen LogP contribution in [-0.4, -0.2) is 26.9 Å². The third-order valence-electron chi connectivity index (χ3n) is 4.40. The van der Waals surface area contributed by atoms with Crippen LogP contribution >= 0.6 is 15.9 Å². The fraction of sp³-hybridized carbons (Fsp3) is 0.182. The monoisotopic (exact) mass is 475 g/mol. The average molecular weight is 476 g/mol. The molecule has 152 valence electrons. The van der Waals surface area contributed by atoms with Gasteiger partial charge in [-0.3, -0.25) is 0 Å². The number of rotatable bonds is 8. The van der Waals surface area contributed by atoms with Crippen LogP contribution in [-0.2, 0) is 23.2 Å². The molecule has 0 aromatic heterocycles. The summed E-state index contributed by atoms with van der Waals surface area (Å²) in [5.41, 5.74) is 1.85. The van der Waals surface area contributed by atoms with E-state index in [0.29, 0.717) is 22.6 Å². The second-order valence-electron chi connectivity index (χ2n) is 6.45. The van der Waals surface area contributed by atoms with E-state index < -0.39 is 10.0 Å². The van der Waals surface area contributed by atoms with Crippen molar-refractivity contribution >= 4 is 26.0 Å². The number of hydrogen-bond acceptors (Lipinski definition) is 4. The van der Waals surface area contributed by atoms with E-state index in [9.17, 15) is 8.42 Å². The van der Waals surface area contributed by atoms with Gasteiger partial charge in [0.2, 0.25) is 10.0 Å². The molecule has 0 heterocycles. The molecule has 0 aliphatic rings. The summed E-state index contributed by atoms with van der Waals surface area (Å²) in [5, 5.41) is 0. The Morgan fingerprint density at radius 2 is 1.59 bits per heavy atom. The SMILES string of the molecule is COc1cc(CN(C)S(=O)(=O)c2ccccc2Br)ccc1OCc1ccccc1. The average Bonchev–Trinajstić information content (AvgIpc) is 2.73. The first kappa shape index (κ1) is 21.4. The van der Waals surface area contributed by atoms with E-state index in [1.807, 2.05) is 36.4 Å². The molecule has 0 aliphatic carbocycles. The lowest BCUT2D eigenvalue weighted by Gasteiger charge is -2.19. The third-order valence-corrected chi connectivity index (χ3v) is 7.21. The van der Waals surface area contributed by atoms with Crippen LogP contribution in [0.4, 0.5) is 0 Å². The second kappa shape index (κ2) is 9.43. The molecule has 0 radical (unpaired) electrons. The van der Waals surface area contributed by atoms with E-state index in [2.05, 4.69) is 15.9 Å². The highest BCUT2D eigenvalue weighted by Gasteiger charge is 2.23. The van der Waals surface area contributed by atoms with Gasteiger partial charge in [-0.05, 0) is 51.3 Å². The molecule has 5 nitrogen and oxygen atoms in total. The van der Waals surface area contributed by atoms with E-state index in [1.54, 1.807) is 50.6 Å². The predicted molar refractivity (Wildman–Crippen MR) is 117 cm³/mol. The van der Waals surface area contributed by atoms with Crippen molar-refractivity contribution in [3.63, 3.8) is 0 Å². The van der Waals surface area contributed by atoms with Crippen molar-refractivity contribution in [2.24, 2.45) is 0 Å². The van der Waals surface area contributed by atoms with Crippen LogP contribution < -0.4 is 9.47 Å². The molecule has 0 saturated heterocycles.